The van der Waals surface area contributed by atoms with Crippen molar-refractivity contribution >= 4 is 11.8 Å². The van der Waals surface area contributed by atoms with Crippen molar-refractivity contribution in [3.05, 3.63) is 35.9 Å². The minimum Gasteiger partial charge on any atom is -0.352 e. The SMILES string of the molecule is CC(=O)N[C@H]1C[C@@H](C(=O)N(C)C)N[C@H]1c1ccccc1. The third-order valence-electron chi connectivity index (χ3n) is 3.56. The minimum atomic E-state index is -0.257. The average molecular weight is 275 g/mol. The van der Waals surface area contributed by atoms with Crippen LogP contribution in [0.3, 0.4) is 0 Å². The van der Waals surface area contributed by atoms with Crippen LogP contribution >= 0.6 is 0 Å². The van der Waals surface area contributed by atoms with Gasteiger partial charge >= 0.3 is 0 Å². The van der Waals surface area contributed by atoms with E-state index >= 15 is 0 Å². The fraction of sp³-hybridized carbons (Fsp3) is 0.467. The van der Waals surface area contributed by atoms with Gasteiger partial charge in [0.25, 0.3) is 0 Å². The van der Waals surface area contributed by atoms with Gasteiger partial charge < -0.3 is 10.2 Å². The molecule has 2 rings (SSSR count). The lowest BCUT2D eigenvalue weighted by molar-refractivity contribution is -0.130. The summed E-state index contributed by atoms with van der Waals surface area (Å²) in [5.74, 6) is -0.0329. The molecule has 1 heterocycles. The van der Waals surface area contributed by atoms with Gasteiger partial charge in [0, 0.05) is 21.0 Å². The Morgan fingerprint density at radius 3 is 2.45 bits per heavy atom. The molecule has 1 aliphatic heterocycles. The monoisotopic (exact) mass is 275 g/mol. The maximum atomic E-state index is 12.1. The summed E-state index contributed by atoms with van der Waals surface area (Å²) in [5.41, 5.74) is 1.08. The Labute approximate surface area is 119 Å². The van der Waals surface area contributed by atoms with Crippen molar-refractivity contribution in [2.45, 2.75) is 31.5 Å². The van der Waals surface area contributed by atoms with Crippen molar-refractivity contribution in [1.82, 2.24) is 15.5 Å². The van der Waals surface area contributed by atoms with E-state index in [1.54, 1.807) is 19.0 Å². The summed E-state index contributed by atoms with van der Waals surface area (Å²) in [4.78, 5) is 25.0. The molecule has 2 N–H and O–H groups in total. The third kappa shape index (κ3) is 3.17. The number of hydrogen-bond acceptors (Lipinski definition) is 3. The molecule has 1 aromatic carbocycles. The van der Waals surface area contributed by atoms with Crippen LogP contribution in [0.2, 0.25) is 0 Å². The summed E-state index contributed by atoms with van der Waals surface area (Å²) in [6.07, 6.45) is 0.607. The number of likely N-dealkylation sites (N-methyl/N-ethyl adjacent to an activating group) is 1. The predicted molar refractivity (Wildman–Crippen MR) is 77.0 cm³/mol. The fourth-order valence-corrected chi connectivity index (χ4v) is 2.67. The molecule has 0 aromatic heterocycles. The molecule has 108 valence electrons. The normalized spacial score (nSPS) is 25.2. The molecule has 0 unspecified atom stereocenters. The number of nitrogens with zero attached hydrogens (tertiary/aromatic N) is 1. The fourth-order valence-electron chi connectivity index (χ4n) is 2.67. The molecule has 0 aliphatic carbocycles. The van der Waals surface area contributed by atoms with Crippen molar-refractivity contribution < 1.29 is 9.59 Å². The summed E-state index contributed by atoms with van der Waals surface area (Å²) >= 11 is 0. The van der Waals surface area contributed by atoms with Crippen LogP contribution in [0.5, 0.6) is 0 Å². The zero-order chi connectivity index (χ0) is 14.7. The van der Waals surface area contributed by atoms with E-state index in [9.17, 15) is 9.59 Å². The van der Waals surface area contributed by atoms with E-state index in [1.165, 1.54) is 6.92 Å². The van der Waals surface area contributed by atoms with E-state index in [1.807, 2.05) is 30.3 Å². The molecular weight excluding hydrogens is 254 g/mol. The van der Waals surface area contributed by atoms with Crippen molar-refractivity contribution in [1.29, 1.82) is 0 Å². The highest BCUT2D eigenvalue weighted by Crippen LogP contribution is 2.27. The van der Waals surface area contributed by atoms with Crippen LogP contribution in [0.25, 0.3) is 0 Å². The molecule has 0 spiro atoms. The van der Waals surface area contributed by atoms with Crippen LogP contribution in [0.15, 0.2) is 30.3 Å². The largest absolute Gasteiger partial charge is 0.352 e. The van der Waals surface area contributed by atoms with Gasteiger partial charge in [-0.2, -0.15) is 0 Å². The van der Waals surface area contributed by atoms with Crippen LogP contribution < -0.4 is 10.6 Å². The molecule has 1 aliphatic rings. The second-order valence-electron chi connectivity index (χ2n) is 5.38. The highest BCUT2D eigenvalue weighted by atomic mass is 16.2. The molecule has 0 saturated carbocycles. The molecule has 0 radical (unpaired) electrons. The Morgan fingerprint density at radius 1 is 1.25 bits per heavy atom. The van der Waals surface area contributed by atoms with Crippen molar-refractivity contribution in [3.8, 4) is 0 Å². The molecule has 0 bridgehead atoms. The van der Waals surface area contributed by atoms with E-state index in [0.29, 0.717) is 6.42 Å². The number of amides is 2. The van der Waals surface area contributed by atoms with E-state index in [4.69, 9.17) is 0 Å². The van der Waals surface area contributed by atoms with Gasteiger partial charge in [-0.25, -0.2) is 0 Å². The van der Waals surface area contributed by atoms with Crippen molar-refractivity contribution in [2.75, 3.05) is 14.1 Å². The number of rotatable bonds is 3. The van der Waals surface area contributed by atoms with E-state index in [0.717, 1.165) is 5.56 Å². The lowest BCUT2D eigenvalue weighted by Crippen LogP contribution is -2.40. The van der Waals surface area contributed by atoms with E-state index in [2.05, 4.69) is 10.6 Å². The Morgan fingerprint density at radius 2 is 1.90 bits per heavy atom. The molecule has 5 nitrogen and oxygen atoms in total. The molecule has 3 atom stereocenters. The topological polar surface area (TPSA) is 61.4 Å². The van der Waals surface area contributed by atoms with Crippen LogP contribution in [-0.2, 0) is 9.59 Å². The molecule has 1 fully saturated rings. The van der Waals surface area contributed by atoms with Gasteiger partial charge in [0.1, 0.15) is 0 Å². The number of carbonyl (C=O) groups excluding carboxylic acids is 2. The smallest absolute Gasteiger partial charge is 0.239 e. The van der Waals surface area contributed by atoms with Gasteiger partial charge in [-0.05, 0) is 12.0 Å². The Hall–Kier alpha value is -1.88. The van der Waals surface area contributed by atoms with Crippen LogP contribution in [0.4, 0.5) is 0 Å². The Bertz CT molecular complexity index is 487. The highest BCUT2D eigenvalue weighted by molar-refractivity contribution is 5.82. The first-order chi connectivity index (χ1) is 9.49. The maximum absolute atomic E-state index is 12.1. The third-order valence-corrected chi connectivity index (χ3v) is 3.56. The lowest BCUT2D eigenvalue weighted by Gasteiger charge is -2.20. The first-order valence-electron chi connectivity index (χ1n) is 6.78. The predicted octanol–water partition coefficient (Wildman–Crippen LogP) is 0.683. The molecule has 20 heavy (non-hydrogen) atoms. The Balaban J connectivity index is 2.19. The number of carbonyl (C=O) groups is 2. The van der Waals surface area contributed by atoms with Crippen LogP contribution in [0.1, 0.15) is 24.9 Å². The highest BCUT2D eigenvalue weighted by Gasteiger charge is 2.38. The Kier molecular flexibility index (Phi) is 4.39. The molecule has 5 heteroatoms. The summed E-state index contributed by atoms with van der Waals surface area (Å²) in [6, 6.07) is 9.54. The number of nitrogens with one attached hydrogen (secondary N) is 2. The molecule has 1 aromatic rings. The van der Waals surface area contributed by atoms with E-state index in [-0.39, 0.29) is 29.9 Å². The lowest BCUT2D eigenvalue weighted by atomic mass is 10.00. The zero-order valence-electron chi connectivity index (χ0n) is 12.1. The van der Waals surface area contributed by atoms with Crippen molar-refractivity contribution in [3.63, 3.8) is 0 Å². The molecule has 1 saturated heterocycles. The van der Waals surface area contributed by atoms with Crippen LogP contribution in [0, 0.1) is 0 Å². The van der Waals surface area contributed by atoms with Gasteiger partial charge in [0.05, 0.1) is 18.1 Å². The van der Waals surface area contributed by atoms with E-state index < -0.39 is 0 Å². The zero-order valence-corrected chi connectivity index (χ0v) is 12.1. The summed E-state index contributed by atoms with van der Waals surface area (Å²) in [7, 11) is 3.49. The van der Waals surface area contributed by atoms with Crippen molar-refractivity contribution in [2.24, 2.45) is 0 Å². The second-order valence-corrected chi connectivity index (χ2v) is 5.38. The van der Waals surface area contributed by atoms with Gasteiger partial charge in [-0.15, -0.1) is 0 Å². The second kappa shape index (κ2) is 6.05. The summed E-state index contributed by atoms with van der Waals surface area (Å²) in [5, 5.41) is 6.28. The quantitative estimate of drug-likeness (QED) is 0.853. The summed E-state index contributed by atoms with van der Waals surface area (Å²) in [6.45, 7) is 1.50. The van der Waals surface area contributed by atoms with Gasteiger partial charge in [0.2, 0.25) is 11.8 Å². The first kappa shape index (κ1) is 14.5. The molecular formula is C15H21N3O2. The minimum absolute atomic E-state index is 0.0333. The maximum Gasteiger partial charge on any atom is 0.239 e. The van der Waals surface area contributed by atoms with Gasteiger partial charge in [-0.3, -0.25) is 14.9 Å². The average Bonchev–Trinajstić information content (AvgIpc) is 2.81. The van der Waals surface area contributed by atoms with Crippen LogP contribution in [-0.4, -0.2) is 42.9 Å². The number of hydrogen-bond donors (Lipinski definition) is 2. The first-order valence-corrected chi connectivity index (χ1v) is 6.78. The standard InChI is InChI=1S/C15H21N3O2/c1-10(19)16-12-9-13(15(20)18(2)3)17-14(12)11-7-5-4-6-8-11/h4-8,12-14,17H,9H2,1-3H3,(H,16,19)/t12-,13-,14-/m0/s1. The summed E-state index contributed by atoms with van der Waals surface area (Å²) < 4.78 is 0. The number of benzene rings is 1. The molecule has 2 amide bonds. The van der Waals surface area contributed by atoms with Gasteiger partial charge in [0.15, 0.2) is 0 Å². The van der Waals surface area contributed by atoms with Gasteiger partial charge in [-0.1, -0.05) is 30.3 Å².